The first kappa shape index (κ1) is 10.8. The topological polar surface area (TPSA) is 17.0 Å². The monoisotopic (exact) mass is 228 g/mol. The second-order valence-electron chi connectivity index (χ2n) is 4.97. The predicted molar refractivity (Wildman–Crippen MR) is 72.5 cm³/mol. The molecule has 90 valence electrons. The summed E-state index contributed by atoms with van der Waals surface area (Å²) in [5.41, 5.74) is 4.56. The molecule has 0 unspecified atom stereocenters. The fourth-order valence-corrected chi connectivity index (χ4v) is 2.98. The molecular weight excluding hydrogens is 208 g/mol. The van der Waals surface area contributed by atoms with E-state index in [4.69, 9.17) is 0 Å². The molecule has 1 N–H and O–H groups in total. The van der Waals surface area contributed by atoms with Crippen molar-refractivity contribution in [2.24, 2.45) is 0 Å². The van der Waals surface area contributed by atoms with Crippen LogP contribution in [0.4, 0.5) is 0 Å². The SMILES string of the molecule is CNCCCc1cn2c3c(cccc13)CCC2. The van der Waals surface area contributed by atoms with Gasteiger partial charge in [0, 0.05) is 18.1 Å². The first-order chi connectivity index (χ1) is 8.40. The summed E-state index contributed by atoms with van der Waals surface area (Å²) in [4.78, 5) is 0. The van der Waals surface area contributed by atoms with Crippen LogP contribution in [0.25, 0.3) is 10.9 Å². The average Bonchev–Trinajstić information content (AvgIpc) is 2.71. The van der Waals surface area contributed by atoms with Gasteiger partial charge in [-0.3, -0.25) is 0 Å². The van der Waals surface area contributed by atoms with Crippen LogP contribution in [-0.4, -0.2) is 18.2 Å². The number of aromatic nitrogens is 1. The molecule has 0 atom stereocenters. The van der Waals surface area contributed by atoms with Crippen LogP contribution in [0.2, 0.25) is 0 Å². The van der Waals surface area contributed by atoms with Crippen LogP contribution in [0.5, 0.6) is 0 Å². The maximum absolute atomic E-state index is 3.22. The summed E-state index contributed by atoms with van der Waals surface area (Å²) in [6.07, 6.45) is 7.32. The zero-order chi connectivity index (χ0) is 11.7. The normalized spacial score (nSPS) is 14.4. The Hall–Kier alpha value is -1.28. The number of nitrogens with one attached hydrogen (secondary N) is 1. The minimum absolute atomic E-state index is 1.10. The Kier molecular flexibility index (Phi) is 2.89. The van der Waals surface area contributed by atoms with E-state index in [9.17, 15) is 0 Å². The third-order valence-corrected chi connectivity index (χ3v) is 3.78. The molecule has 3 rings (SSSR count). The van der Waals surface area contributed by atoms with Crippen molar-refractivity contribution in [3.8, 4) is 0 Å². The fourth-order valence-electron chi connectivity index (χ4n) is 2.98. The molecule has 1 aliphatic heterocycles. The molecule has 1 aliphatic rings. The predicted octanol–water partition coefficient (Wildman–Crippen LogP) is 2.74. The molecule has 0 fully saturated rings. The molecular formula is C15H20N2. The van der Waals surface area contributed by atoms with E-state index in [1.54, 1.807) is 0 Å². The molecule has 0 spiro atoms. The summed E-state index contributed by atoms with van der Waals surface area (Å²) in [6, 6.07) is 6.79. The van der Waals surface area contributed by atoms with Crippen LogP contribution >= 0.6 is 0 Å². The third-order valence-electron chi connectivity index (χ3n) is 3.78. The minimum Gasteiger partial charge on any atom is -0.347 e. The van der Waals surface area contributed by atoms with Crippen molar-refractivity contribution in [1.29, 1.82) is 0 Å². The molecule has 2 aromatic rings. The average molecular weight is 228 g/mol. The van der Waals surface area contributed by atoms with Crippen LogP contribution in [0.15, 0.2) is 24.4 Å². The maximum atomic E-state index is 3.22. The quantitative estimate of drug-likeness (QED) is 0.796. The molecule has 2 heterocycles. The number of aryl methyl sites for hydroxylation is 3. The molecule has 0 amide bonds. The zero-order valence-corrected chi connectivity index (χ0v) is 10.5. The highest BCUT2D eigenvalue weighted by atomic mass is 15.0. The molecule has 0 aliphatic carbocycles. The molecule has 0 saturated heterocycles. The number of benzene rings is 1. The van der Waals surface area contributed by atoms with E-state index in [0.717, 1.165) is 6.54 Å². The van der Waals surface area contributed by atoms with Gasteiger partial charge in [-0.15, -0.1) is 0 Å². The van der Waals surface area contributed by atoms with Crippen molar-refractivity contribution in [1.82, 2.24) is 9.88 Å². The minimum atomic E-state index is 1.10. The molecule has 17 heavy (non-hydrogen) atoms. The lowest BCUT2D eigenvalue weighted by Crippen LogP contribution is -2.08. The van der Waals surface area contributed by atoms with Crippen molar-refractivity contribution >= 4 is 10.9 Å². The van der Waals surface area contributed by atoms with E-state index in [1.807, 2.05) is 7.05 Å². The van der Waals surface area contributed by atoms with Gasteiger partial charge in [0.2, 0.25) is 0 Å². The van der Waals surface area contributed by atoms with Crippen LogP contribution in [0, 0.1) is 0 Å². The van der Waals surface area contributed by atoms with Gasteiger partial charge in [-0.2, -0.15) is 0 Å². The van der Waals surface area contributed by atoms with E-state index in [2.05, 4.69) is 34.3 Å². The van der Waals surface area contributed by atoms with E-state index in [-0.39, 0.29) is 0 Å². The van der Waals surface area contributed by atoms with Crippen LogP contribution < -0.4 is 5.32 Å². The summed E-state index contributed by atoms with van der Waals surface area (Å²) in [6.45, 7) is 2.30. The summed E-state index contributed by atoms with van der Waals surface area (Å²) in [7, 11) is 2.02. The number of para-hydroxylation sites is 1. The van der Waals surface area contributed by atoms with E-state index in [1.165, 1.54) is 54.3 Å². The first-order valence-electron chi connectivity index (χ1n) is 6.64. The molecule has 2 nitrogen and oxygen atoms in total. The summed E-state index contributed by atoms with van der Waals surface area (Å²) in [5, 5.41) is 4.71. The molecule has 1 aromatic carbocycles. The van der Waals surface area contributed by atoms with E-state index in [0.29, 0.717) is 0 Å². The lowest BCUT2D eigenvalue weighted by molar-refractivity contribution is 0.633. The lowest BCUT2D eigenvalue weighted by atomic mass is 10.0. The highest BCUT2D eigenvalue weighted by Crippen LogP contribution is 2.29. The first-order valence-corrected chi connectivity index (χ1v) is 6.64. The van der Waals surface area contributed by atoms with Gasteiger partial charge in [0.25, 0.3) is 0 Å². The molecule has 0 radical (unpaired) electrons. The van der Waals surface area contributed by atoms with Crippen LogP contribution in [-0.2, 0) is 19.4 Å². The number of hydrogen-bond donors (Lipinski definition) is 1. The van der Waals surface area contributed by atoms with Gasteiger partial charge in [0.1, 0.15) is 0 Å². The van der Waals surface area contributed by atoms with Gasteiger partial charge >= 0.3 is 0 Å². The molecule has 2 heteroatoms. The number of rotatable bonds is 4. The molecule has 0 bridgehead atoms. The Balaban J connectivity index is 2.00. The van der Waals surface area contributed by atoms with Gasteiger partial charge in [-0.05, 0) is 50.4 Å². The Bertz CT molecular complexity index is 525. The second kappa shape index (κ2) is 4.53. The van der Waals surface area contributed by atoms with Crippen LogP contribution in [0.1, 0.15) is 24.0 Å². The summed E-state index contributed by atoms with van der Waals surface area (Å²) < 4.78 is 2.46. The Morgan fingerprint density at radius 1 is 1.35 bits per heavy atom. The van der Waals surface area contributed by atoms with Crippen molar-refractivity contribution in [3.63, 3.8) is 0 Å². The summed E-state index contributed by atoms with van der Waals surface area (Å²) in [5.74, 6) is 0. The van der Waals surface area contributed by atoms with Crippen molar-refractivity contribution in [3.05, 3.63) is 35.5 Å². The van der Waals surface area contributed by atoms with Gasteiger partial charge in [-0.1, -0.05) is 18.2 Å². The van der Waals surface area contributed by atoms with E-state index >= 15 is 0 Å². The Morgan fingerprint density at radius 3 is 3.18 bits per heavy atom. The zero-order valence-electron chi connectivity index (χ0n) is 10.5. The highest BCUT2D eigenvalue weighted by molar-refractivity contribution is 5.87. The smallest absolute Gasteiger partial charge is 0.0515 e. The maximum Gasteiger partial charge on any atom is 0.0515 e. The highest BCUT2D eigenvalue weighted by Gasteiger charge is 2.14. The van der Waals surface area contributed by atoms with Crippen molar-refractivity contribution in [2.45, 2.75) is 32.2 Å². The number of hydrogen-bond acceptors (Lipinski definition) is 1. The van der Waals surface area contributed by atoms with Crippen molar-refractivity contribution < 1.29 is 0 Å². The van der Waals surface area contributed by atoms with Crippen molar-refractivity contribution in [2.75, 3.05) is 13.6 Å². The molecule has 0 saturated carbocycles. The fraction of sp³-hybridized carbons (Fsp3) is 0.467. The second-order valence-corrected chi connectivity index (χ2v) is 4.97. The van der Waals surface area contributed by atoms with Gasteiger partial charge in [0.05, 0.1) is 5.52 Å². The standard InChI is InChI=1S/C15H20N2/c1-16-9-3-6-13-11-17-10-4-7-12-5-2-8-14(13)15(12)17/h2,5,8,11,16H,3-4,6-7,9-10H2,1H3. The lowest BCUT2D eigenvalue weighted by Gasteiger charge is -2.14. The van der Waals surface area contributed by atoms with Crippen LogP contribution in [0.3, 0.4) is 0 Å². The van der Waals surface area contributed by atoms with E-state index < -0.39 is 0 Å². The molecule has 1 aromatic heterocycles. The number of nitrogens with zero attached hydrogens (tertiary/aromatic N) is 1. The third kappa shape index (κ3) is 1.87. The Morgan fingerprint density at radius 2 is 2.29 bits per heavy atom. The summed E-state index contributed by atoms with van der Waals surface area (Å²) >= 11 is 0. The van der Waals surface area contributed by atoms with Gasteiger partial charge < -0.3 is 9.88 Å². The van der Waals surface area contributed by atoms with Gasteiger partial charge in [-0.25, -0.2) is 0 Å². The largest absolute Gasteiger partial charge is 0.347 e. The Labute approximate surface area is 103 Å². The van der Waals surface area contributed by atoms with Gasteiger partial charge in [0.15, 0.2) is 0 Å².